The normalized spacial score (nSPS) is 11.1. The third kappa shape index (κ3) is 5.09. The maximum atomic E-state index is 12.0. The summed E-state index contributed by atoms with van der Waals surface area (Å²) < 4.78 is 2.04. The molecule has 0 bridgehead atoms. The van der Waals surface area contributed by atoms with Gasteiger partial charge in [-0.1, -0.05) is 41.9 Å². The van der Waals surface area contributed by atoms with Crippen LogP contribution in [0, 0.1) is 13.8 Å². The van der Waals surface area contributed by atoms with Crippen LogP contribution in [-0.4, -0.2) is 28.4 Å². The van der Waals surface area contributed by atoms with E-state index in [1.807, 2.05) is 42.7 Å². The number of halogens is 1. The minimum atomic E-state index is -0.891. The molecule has 0 atom stereocenters. The zero-order valence-electron chi connectivity index (χ0n) is 17.5. The van der Waals surface area contributed by atoms with Crippen molar-refractivity contribution in [3.05, 3.63) is 87.2 Å². The Bertz CT molecular complexity index is 1030. The molecule has 3 rings (SSSR count). The van der Waals surface area contributed by atoms with Crippen molar-refractivity contribution in [1.82, 2.24) is 9.88 Å². The van der Waals surface area contributed by atoms with E-state index in [2.05, 4.69) is 35.8 Å². The molecule has 0 aliphatic heterocycles. The first kappa shape index (κ1) is 22.5. The quantitative estimate of drug-likeness (QED) is 0.336. The van der Waals surface area contributed by atoms with Gasteiger partial charge < -0.3 is 15.0 Å². The standard InChI is InChI=1S/C24H27ClN2O2S/c1-16-21(14-26-13-12-18-8-10-20(30-3)11-9-18)23(24(28)29)17(2)27(16)15-19-6-4-5-7-22(19)25/h4-11,26H,12-15H2,1-3H3,(H,28,29). The molecule has 158 valence electrons. The smallest absolute Gasteiger partial charge is 0.337 e. The van der Waals surface area contributed by atoms with Crippen LogP contribution in [0.5, 0.6) is 0 Å². The third-order valence-electron chi connectivity index (χ3n) is 5.46. The Hall–Kier alpha value is -2.21. The fourth-order valence-electron chi connectivity index (χ4n) is 3.72. The second-order valence-electron chi connectivity index (χ2n) is 7.28. The highest BCUT2D eigenvalue weighted by molar-refractivity contribution is 7.98. The van der Waals surface area contributed by atoms with Crippen LogP contribution in [0.3, 0.4) is 0 Å². The van der Waals surface area contributed by atoms with Gasteiger partial charge in [0, 0.05) is 40.0 Å². The number of carbonyl (C=O) groups is 1. The van der Waals surface area contributed by atoms with Gasteiger partial charge in [-0.3, -0.25) is 0 Å². The monoisotopic (exact) mass is 442 g/mol. The molecule has 0 saturated heterocycles. The van der Waals surface area contributed by atoms with Crippen molar-refractivity contribution in [1.29, 1.82) is 0 Å². The molecule has 0 aliphatic rings. The van der Waals surface area contributed by atoms with E-state index in [0.717, 1.165) is 35.5 Å². The average molecular weight is 443 g/mol. The number of benzene rings is 2. The van der Waals surface area contributed by atoms with Gasteiger partial charge in [-0.2, -0.15) is 0 Å². The van der Waals surface area contributed by atoms with Gasteiger partial charge in [0.1, 0.15) is 0 Å². The Labute approximate surface area is 187 Å². The van der Waals surface area contributed by atoms with Crippen LogP contribution in [-0.2, 0) is 19.5 Å². The number of nitrogens with one attached hydrogen (secondary N) is 1. The van der Waals surface area contributed by atoms with Crippen molar-refractivity contribution in [2.24, 2.45) is 0 Å². The largest absolute Gasteiger partial charge is 0.478 e. The summed E-state index contributed by atoms with van der Waals surface area (Å²) in [5, 5.41) is 13.9. The van der Waals surface area contributed by atoms with Gasteiger partial charge in [0.05, 0.1) is 5.56 Å². The number of thioether (sulfide) groups is 1. The van der Waals surface area contributed by atoms with Crippen LogP contribution in [0.4, 0.5) is 0 Å². The molecular weight excluding hydrogens is 416 g/mol. The number of hydrogen-bond donors (Lipinski definition) is 2. The fraction of sp³-hybridized carbons (Fsp3) is 0.292. The van der Waals surface area contributed by atoms with E-state index < -0.39 is 5.97 Å². The van der Waals surface area contributed by atoms with Crippen molar-refractivity contribution in [2.75, 3.05) is 12.8 Å². The Morgan fingerprint density at radius 1 is 1.10 bits per heavy atom. The first-order valence-electron chi connectivity index (χ1n) is 9.91. The van der Waals surface area contributed by atoms with E-state index in [1.165, 1.54) is 10.5 Å². The predicted octanol–water partition coefficient (Wildman–Crippen LogP) is 5.56. The lowest BCUT2D eigenvalue weighted by Gasteiger charge is -2.11. The minimum Gasteiger partial charge on any atom is -0.478 e. The molecule has 0 fully saturated rings. The summed E-state index contributed by atoms with van der Waals surface area (Å²) in [5.74, 6) is -0.891. The summed E-state index contributed by atoms with van der Waals surface area (Å²) in [6.45, 7) is 5.70. The van der Waals surface area contributed by atoms with Crippen LogP contribution < -0.4 is 5.32 Å². The van der Waals surface area contributed by atoms with Crippen molar-refractivity contribution < 1.29 is 9.90 Å². The predicted molar refractivity (Wildman–Crippen MR) is 125 cm³/mol. The highest BCUT2D eigenvalue weighted by atomic mass is 35.5. The lowest BCUT2D eigenvalue weighted by molar-refractivity contribution is 0.0694. The summed E-state index contributed by atoms with van der Waals surface area (Å²) in [6, 6.07) is 16.2. The maximum absolute atomic E-state index is 12.0. The highest BCUT2D eigenvalue weighted by Gasteiger charge is 2.22. The van der Waals surface area contributed by atoms with Crippen LogP contribution in [0.2, 0.25) is 5.02 Å². The molecule has 0 unspecified atom stereocenters. The fourth-order valence-corrected chi connectivity index (χ4v) is 4.33. The molecule has 0 spiro atoms. The SMILES string of the molecule is CSc1ccc(CCNCc2c(C(=O)O)c(C)n(Cc3ccccc3Cl)c2C)cc1. The molecule has 0 radical (unpaired) electrons. The van der Waals surface area contributed by atoms with Gasteiger partial charge in [-0.15, -0.1) is 11.8 Å². The van der Waals surface area contributed by atoms with E-state index >= 15 is 0 Å². The van der Waals surface area contributed by atoms with Crippen LogP contribution >= 0.6 is 23.4 Å². The molecule has 30 heavy (non-hydrogen) atoms. The van der Waals surface area contributed by atoms with E-state index in [1.54, 1.807) is 11.8 Å². The molecular formula is C24H27ClN2O2S. The molecule has 0 saturated carbocycles. The average Bonchev–Trinajstić information content (AvgIpc) is 2.97. The van der Waals surface area contributed by atoms with Crippen molar-refractivity contribution >= 4 is 29.3 Å². The van der Waals surface area contributed by atoms with E-state index in [-0.39, 0.29) is 0 Å². The number of hydrogen-bond acceptors (Lipinski definition) is 3. The Kier molecular flexibility index (Phi) is 7.64. The minimum absolute atomic E-state index is 0.386. The van der Waals surface area contributed by atoms with Gasteiger partial charge in [0.15, 0.2) is 0 Å². The van der Waals surface area contributed by atoms with Gasteiger partial charge in [0.2, 0.25) is 0 Å². The summed E-state index contributed by atoms with van der Waals surface area (Å²) in [4.78, 5) is 13.2. The molecule has 1 heterocycles. The summed E-state index contributed by atoms with van der Waals surface area (Å²) in [5.41, 5.74) is 5.18. The van der Waals surface area contributed by atoms with Gasteiger partial charge in [-0.25, -0.2) is 4.79 Å². The highest BCUT2D eigenvalue weighted by Crippen LogP contribution is 2.26. The molecule has 0 amide bonds. The Morgan fingerprint density at radius 2 is 1.80 bits per heavy atom. The zero-order valence-corrected chi connectivity index (χ0v) is 19.1. The van der Waals surface area contributed by atoms with Crippen molar-refractivity contribution in [3.8, 4) is 0 Å². The summed E-state index contributed by atoms with van der Waals surface area (Å²) in [6.07, 6.45) is 2.97. The number of nitrogens with zero attached hydrogens (tertiary/aromatic N) is 1. The van der Waals surface area contributed by atoms with E-state index in [0.29, 0.717) is 23.7 Å². The third-order valence-corrected chi connectivity index (χ3v) is 6.57. The van der Waals surface area contributed by atoms with Gasteiger partial charge in [0.25, 0.3) is 0 Å². The van der Waals surface area contributed by atoms with Crippen molar-refractivity contribution in [3.63, 3.8) is 0 Å². The Morgan fingerprint density at radius 3 is 2.43 bits per heavy atom. The summed E-state index contributed by atoms with van der Waals surface area (Å²) in [7, 11) is 0. The lowest BCUT2D eigenvalue weighted by Crippen LogP contribution is -2.18. The number of carboxylic acids is 1. The van der Waals surface area contributed by atoms with Crippen LogP contribution in [0.15, 0.2) is 53.4 Å². The molecule has 2 N–H and O–H groups in total. The van der Waals surface area contributed by atoms with Crippen molar-refractivity contribution in [2.45, 2.75) is 38.3 Å². The van der Waals surface area contributed by atoms with Crippen LogP contribution in [0.25, 0.3) is 0 Å². The number of aromatic carboxylic acids is 1. The van der Waals surface area contributed by atoms with E-state index in [9.17, 15) is 9.90 Å². The zero-order chi connectivity index (χ0) is 21.7. The number of rotatable bonds is 9. The molecule has 3 aromatic rings. The molecule has 6 heteroatoms. The topological polar surface area (TPSA) is 54.3 Å². The number of aromatic nitrogens is 1. The first-order valence-corrected chi connectivity index (χ1v) is 11.5. The van der Waals surface area contributed by atoms with Gasteiger partial charge in [-0.05, 0) is 62.4 Å². The number of carboxylic acid groups (broad SMARTS) is 1. The lowest BCUT2D eigenvalue weighted by atomic mass is 10.1. The van der Waals surface area contributed by atoms with Gasteiger partial charge >= 0.3 is 5.97 Å². The van der Waals surface area contributed by atoms with Crippen LogP contribution in [0.1, 0.15) is 38.4 Å². The molecule has 4 nitrogen and oxygen atoms in total. The second kappa shape index (κ2) is 10.2. The van der Waals surface area contributed by atoms with E-state index in [4.69, 9.17) is 11.6 Å². The molecule has 0 aliphatic carbocycles. The summed E-state index contributed by atoms with van der Waals surface area (Å²) >= 11 is 8.06. The maximum Gasteiger partial charge on any atom is 0.337 e. The first-order chi connectivity index (χ1) is 14.4. The molecule has 1 aromatic heterocycles. The Balaban J connectivity index is 1.73. The molecule has 2 aromatic carbocycles. The second-order valence-corrected chi connectivity index (χ2v) is 8.57.